The normalized spacial score (nSPS) is 12.7. The lowest BCUT2D eigenvalue weighted by Gasteiger charge is -2.20. The second-order valence-corrected chi connectivity index (χ2v) is 27.4. The molecule has 0 aliphatic heterocycles. The fourth-order valence-corrected chi connectivity index (χ4v) is 12.5. The summed E-state index contributed by atoms with van der Waals surface area (Å²) in [4.78, 5) is 24.7. The molecule has 0 aliphatic carbocycles. The molecule has 88 heavy (non-hydrogen) atoms. The highest BCUT2D eigenvalue weighted by molar-refractivity contribution is 5.76. The number of carbonyl (C=O) groups is 2. The molecule has 0 saturated heterocycles. The van der Waals surface area contributed by atoms with Gasteiger partial charge in [0.1, 0.15) is 0 Å². The third kappa shape index (κ3) is 72.9. The molecule has 518 valence electrons. The summed E-state index contributed by atoms with van der Waals surface area (Å²) in [6.45, 7) is 4.92. The largest absolute Gasteiger partial charge is 0.466 e. The number of nitrogens with one attached hydrogen (secondary N) is 1. The first-order valence-electron chi connectivity index (χ1n) is 39.9. The zero-order valence-electron chi connectivity index (χ0n) is 59.5. The van der Waals surface area contributed by atoms with Crippen LogP contribution in [0, 0.1) is 0 Å². The summed E-state index contributed by atoms with van der Waals surface area (Å²) < 4.78 is 5.51. The molecule has 1 amide bonds. The molecule has 0 aliphatic rings. The fourth-order valence-electron chi connectivity index (χ4n) is 12.5. The van der Waals surface area contributed by atoms with Crippen molar-refractivity contribution in [2.45, 2.75) is 450 Å². The summed E-state index contributed by atoms with van der Waals surface area (Å²) in [6.07, 6.45) is 102. The van der Waals surface area contributed by atoms with Crippen molar-refractivity contribution < 1.29 is 24.5 Å². The van der Waals surface area contributed by atoms with E-state index < -0.39 is 12.1 Å². The first-order chi connectivity index (χ1) is 43.5. The Kier molecular flexibility index (Phi) is 75.4. The Morgan fingerprint density at radius 2 is 0.568 bits per heavy atom. The average molecular weight is 1240 g/mol. The minimum atomic E-state index is -0.847. The molecule has 0 fully saturated rings. The highest BCUT2D eigenvalue weighted by Gasteiger charge is 2.18. The first kappa shape index (κ1) is 85.8. The quantitative estimate of drug-likeness (QED) is 0.0320. The molecular weight excluding hydrogens is 1080 g/mol. The van der Waals surface area contributed by atoms with Gasteiger partial charge in [-0.2, -0.15) is 0 Å². The van der Waals surface area contributed by atoms with Gasteiger partial charge in [0.25, 0.3) is 0 Å². The standard InChI is InChI=1S/C82H155NO5/c1-3-5-7-9-11-13-15-17-19-21-23-24-25-32-35-39-42-46-50-54-58-62-66-70-74-80(85)79(78-84)83-81(86)75-71-67-63-59-55-51-47-43-40-36-33-30-28-26-27-29-31-34-37-41-45-49-53-57-61-65-69-73-77-88-82(87)76-72-68-64-60-56-52-48-44-38-22-20-18-16-14-12-10-8-6-4-2/h12,14,18,20,26-27,70,74,79-80,84-85H,3-11,13,15-17,19,21-25,28-69,71-73,75-78H2,1-2H3,(H,83,86)/b14-12-,20-18-,27-26-,74-70+. The molecule has 6 heteroatoms. The predicted molar refractivity (Wildman–Crippen MR) is 389 cm³/mol. The second-order valence-electron chi connectivity index (χ2n) is 27.4. The third-order valence-electron chi connectivity index (χ3n) is 18.6. The zero-order valence-corrected chi connectivity index (χ0v) is 59.5. The van der Waals surface area contributed by atoms with E-state index in [9.17, 15) is 19.8 Å². The lowest BCUT2D eigenvalue weighted by molar-refractivity contribution is -0.143. The minimum Gasteiger partial charge on any atom is -0.466 e. The van der Waals surface area contributed by atoms with Crippen molar-refractivity contribution >= 4 is 11.9 Å². The molecule has 0 aromatic rings. The molecular formula is C82H155NO5. The van der Waals surface area contributed by atoms with Crippen LogP contribution in [-0.4, -0.2) is 47.4 Å². The molecule has 2 atom stereocenters. The minimum absolute atomic E-state index is 0.0123. The number of hydrogen-bond donors (Lipinski definition) is 3. The topological polar surface area (TPSA) is 95.9 Å². The Balaban J connectivity index is 3.40. The van der Waals surface area contributed by atoms with Crippen LogP contribution in [0.3, 0.4) is 0 Å². The summed E-state index contributed by atoms with van der Waals surface area (Å²) in [5, 5.41) is 23.3. The van der Waals surface area contributed by atoms with Crippen molar-refractivity contribution in [3.63, 3.8) is 0 Å². The average Bonchev–Trinajstić information content (AvgIpc) is 3.55. The molecule has 0 aromatic heterocycles. The van der Waals surface area contributed by atoms with Gasteiger partial charge >= 0.3 is 5.97 Å². The number of carbonyl (C=O) groups excluding carboxylic acids is 2. The summed E-state index contributed by atoms with van der Waals surface area (Å²) in [5.41, 5.74) is 0. The van der Waals surface area contributed by atoms with Crippen LogP contribution < -0.4 is 5.32 Å². The molecule has 2 unspecified atom stereocenters. The van der Waals surface area contributed by atoms with Crippen LogP contribution in [-0.2, 0) is 14.3 Å². The summed E-state index contributed by atoms with van der Waals surface area (Å²) in [7, 11) is 0. The van der Waals surface area contributed by atoms with Gasteiger partial charge in [-0.25, -0.2) is 0 Å². The van der Waals surface area contributed by atoms with Crippen LogP contribution in [0.1, 0.15) is 438 Å². The van der Waals surface area contributed by atoms with E-state index in [1.54, 1.807) is 6.08 Å². The van der Waals surface area contributed by atoms with Crippen molar-refractivity contribution in [1.82, 2.24) is 5.32 Å². The third-order valence-corrected chi connectivity index (χ3v) is 18.6. The Morgan fingerprint density at radius 1 is 0.318 bits per heavy atom. The lowest BCUT2D eigenvalue weighted by Crippen LogP contribution is -2.45. The van der Waals surface area contributed by atoms with E-state index in [1.807, 2.05) is 6.08 Å². The molecule has 0 bridgehead atoms. The molecule has 0 rings (SSSR count). The van der Waals surface area contributed by atoms with Crippen LogP contribution in [0.2, 0.25) is 0 Å². The van der Waals surface area contributed by atoms with Crippen molar-refractivity contribution in [2.75, 3.05) is 13.2 Å². The van der Waals surface area contributed by atoms with Crippen molar-refractivity contribution in [2.24, 2.45) is 0 Å². The number of amides is 1. The first-order valence-corrected chi connectivity index (χ1v) is 39.9. The van der Waals surface area contributed by atoms with E-state index in [1.165, 1.54) is 360 Å². The van der Waals surface area contributed by atoms with Gasteiger partial charge in [-0.05, 0) is 89.9 Å². The zero-order chi connectivity index (χ0) is 63.5. The molecule has 0 aromatic carbocycles. The second kappa shape index (κ2) is 77.3. The van der Waals surface area contributed by atoms with Crippen LogP contribution in [0.15, 0.2) is 48.6 Å². The SMILES string of the molecule is CCCCC/C=C\C/C=C\CCCCCCCCCCCC(=O)OCCCCCCCCCCCCCC/C=C\CCCCCCCCCCCCCCC(=O)NC(CO)C(O)/C=C/CCCCCCCCCCCCCCCCCCCCCCCC. The molecule has 6 nitrogen and oxygen atoms in total. The number of hydrogen-bond acceptors (Lipinski definition) is 5. The maximum Gasteiger partial charge on any atom is 0.305 e. The van der Waals surface area contributed by atoms with Crippen molar-refractivity contribution in [1.29, 1.82) is 0 Å². The number of allylic oxidation sites excluding steroid dienone is 7. The maximum absolute atomic E-state index is 12.6. The predicted octanol–water partition coefficient (Wildman–Crippen LogP) is 26.4. The molecule has 0 heterocycles. The monoisotopic (exact) mass is 1230 g/mol. The summed E-state index contributed by atoms with van der Waals surface area (Å²) in [5.74, 6) is -0.0511. The molecule has 3 N–H and O–H groups in total. The Hall–Kier alpha value is -2.18. The number of aliphatic hydroxyl groups is 2. The van der Waals surface area contributed by atoms with Gasteiger partial charge in [0.15, 0.2) is 0 Å². The lowest BCUT2D eigenvalue weighted by atomic mass is 10.0. The van der Waals surface area contributed by atoms with Gasteiger partial charge in [0.05, 0.1) is 25.4 Å². The number of ether oxygens (including phenoxy) is 1. The van der Waals surface area contributed by atoms with E-state index in [0.29, 0.717) is 19.4 Å². The number of aliphatic hydroxyl groups excluding tert-OH is 2. The highest BCUT2D eigenvalue weighted by atomic mass is 16.5. The Labute approximate surface area is 550 Å². The van der Waals surface area contributed by atoms with Gasteiger partial charge in [-0.1, -0.05) is 383 Å². The van der Waals surface area contributed by atoms with Gasteiger partial charge in [0.2, 0.25) is 5.91 Å². The van der Waals surface area contributed by atoms with Crippen LogP contribution in [0.5, 0.6) is 0 Å². The Morgan fingerprint density at radius 3 is 0.898 bits per heavy atom. The van der Waals surface area contributed by atoms with Crippen molar-refractivity contribution in [3.05, 3.63) is 48.6 Å². The van der Waals surface area contributed by atoms with Crippen LogP contribution >= 0.6 is 0 Å². The number of esters is 1. The van der Waals surface area contributed by atoms with E-state index in [0.717, 1.165) is 51.4 Å². The smallest absolute Gasteiger partial charge is 0.305 e. The number of rotatable bonds is 75. The van der Waals surface area contributed by atoms with E-state index in [2.05, 4.69) is 55.6 Å². The van der Waals surface area contributed by atoms with E-state index in [-0.39, 0.29) is 18.5 Å². The molecule has 0 saturated carbocycles. The van der Waals surface area contributed by atoms with Gasteiger partial charge in [0, 0.05) is 12.8 Å². The van der Waals surface area contributed by atoms with Crippen molar-refractivity contribution in [3.8, 4) is 0 Å². The highest BCUT2D eigenvalue weighted by Crippen LogP contribution is 2.19. The van der Waals surface area contributed by atoms with Gasteiger partial charge in [-0.3, -0.25) is 9.59 Å². The van der Waals surface area contributed by atoms with Crippen LogP contribution in [0.4, 0.5) is 0 Å². The Bertz CT molecular complexity index is 1470. The summed E-state index contributed by atoms with van der Waals surface area (Å²) >= 11 is 0. The fraction of sp³-hybridized carbons (Fsp3) is 0.878. The summed E-state index contributed by atoms with van der Waals surface area (Å²) in [6, 6.07) is -0.630. The van der Waals surface area contributed by atoms with Gasteiger partial charge < -0.3 is 20.3 Å². The molecule has 0 spiro atoms. The van der Waals surface area contributed by atoms with Gasteiger partial charge in [-0.15, -0.1) is 0 Å². The number of unbranched alkanes of at least 4 members (excludes halogenated alkanes) is 58. The maximum atomic E-state index is 12.6. The van der Waals surface area contributed by atoms with E-state index >= 15 is 0 Å². The molecule has 0 radical (unpaired) electrons. The van der Waals surface area contributed by atoms with E-state index in [4.69, 9.17) is 4.74 Å². The van der Waals surface area contributed by atoms with Crippen LogP contribution in [0.25, 0.3) is 0 Å².